The molecular weight excluding hydrogens is 442 g/mol. The molecule has 0 aliphatic rings. The standard InChI is InChI=1S/C24H27N3O5S/c1-15-10-17(3)23(18(4)11-15)27-22(28)14-25-24(29)21-12-20(8-7-16(21)2)33(30,31)26-13-19-6-5-9-32-19/h5-12,26H,13-14H2,1-4H3,(H,25,29)(H,27,28). The second kappa shape index (κ2) is 10.0. The zero-order valence-corrected chi connectivity index (χ0v) is 19.8. The lowest BCUT2D eigenvalue weighted by atomic mass is 10.1. The Kier molecular flexibility index (Phi) is 7.35. The predicted octanol–water partition coefficient (Wildman–Crippen LogP) is 3.36. The van der Waals surface area contributed by atoms with Gasteiger partial charge in [0.2, 0.25) is 15.9 Å². The van der Waals surface area contributed by atoms with Gasteiger partial charge < -0.3 is 15.1 Å². The van der Waals surface area contributed by atoms with Crippen LogP contribution in [0.4, 0.5) is 5.69 Å². The summed E-state index contributed by atoms with van der Waals surface area (Å²) in [4.78, 5) is 25.1. The number of aryl methyl sites for hydroxylation is 4. The van der Waals surface area contributed by atoms with Gasteiger partial charge >= 0.3 is 0 Å². The van der Waals surface area contributed by atoms with E-state index in [0.29, 0.717) is 17.0 Å². The molecule has 2 aromatic carbocycles. The van der Waals surface area contributed by atoms with Crippen molar-refractivity contribution in [1.82, 2.24) is 10.0 Å². The normalized spacial score (nSPS) is 11.3. The average molecular weight is 470 g/mol. The van der Waals surface area contributed by atoms with E-state index in [-0.39, 0.29) is 29.5 Å². The zero-order chi connectivity index (χ0) is 24.2. The summed E-state index contributed by atoms with van der Waals surface area (Å²) >= 11 is 0. The summed E-state index contributed by atoms with van der Waals surface area (Å²) in [5, 5.41) is 5.39. The number of hydrogen-bond acceptors (Lipinski definition) is 5. The molecule has 0 radical (unpaired) electrons. The Bertz CT molecular complexity index is 1260. The number of sulfonamides is 1. The van der Waals surface area contributed by atoms with Crippen LogP contribution in [0.25, 0.3) is 0 Å². The van der Waals surface area contributed by atoms with Crippen molar-refractivity contribution in [3.05, 3.63) is 82.3 Å². The van der Waals surface area contributed by atoms with E-state index in [1.165, 1.54) is 18.4 Å². The molecule has 174 valence electrons. The number of amides is 2. The third-order valence-electron chi connectivity index (χ3n) is 5.13. The van der Waals surface area contributed by atoms with E-state index in [4.69, 9.17) is 4.42 Å². The van der Waals surface area contributed by atoms with Gasteiger partial charge in [0.25, 0.3) is 5.91 Å². The lowest BCUT2D eigenvalue weighted by Gasteiger charge is -2.14. The number of benzene rings is 2. The molecule has 0 spiro atoms. The quantitative estimate of drug-likeness (QED) is 0.468. The van der Waals surface area contributed by atoms with Crippen molar-refractivity contribution < 1.29 is 22.4 Å². The van der Waals surface area contributed by atoms with Gasteiger partial charge in [0.05, 0.1) is 24.2 Å². The highest BCUT2D eigenvalue weighted by molar-refractivity contribution is 7.89. The summed E-state index contributed by atoms with van der Waals surface area (Å²) in [5.41, 5.74) is 4.44. The largest absolute Gasteiger partial charge is 0.468 e. The highest BCUT2D eigenvalue weighted by atomic mass is 32.2. The van der Waals surface area contributed by atoms with E-state index < -0.39 is 15.9 Å². The van der Waals surface area contributed by atoms with Crippen molar-refractivity contribution in [3.8, 4) is 0 Å². The van der Waals surface area contributed by atoms with E-state index >= 15 is 0 Å². The van der Waals surface area contributed by atoms with Crippen LogP contribution in [0, 0.1) is 27.7 Å². The molecule has 33 heavy (non-hydrogen) atoms. The van der Waals surface area contributed by atoms with Crippen molar-refractivity contribution in [2.75, 3.05) is 11.9 Å². The molecule has 0 saturated heterocycles. The minimum atomic E-state index is -3.86. The molecule has 0 saturated carbocycles. The zero-order valence-electron chi connectivity index (χ0n) is 19.0. The maximum absolute atomic E-state index is 12.7. The number of nitrogens with one attached hydrogen (secondary N) is 3. The van der Waals surface area contributed by atoms with Gasteiger partial charge in [-0.05, 0) is 68.7 Å². The molecular formula is C24H27N3O5S. The lowest BCUT2D eigenvalue weighted by Crippen LogP contribution is -2.33. The fourth-order valence-electron chi connectivity index (χ4n) is 3.49. The minimum Gasteiger partial charge on any atom is -0.468 e. The van der Waals surface area contributed by atoms with Gasteiger partial charge in [0, 0.05) is 11.3 Å². The molecule has 0 bridgehead atoms. The summed E-state index contributed by atoms with van der Waals surface area (Å²) in [5.74, 6) is -0.447. The van der Waals surface area contributed by atoms with Crippen molar-refractivity contribution in [2.24, 2.45) is 0 Å². The molecule has 1 aromatic heterocycles. The number of carbonyl (C=O) groups is 2. The summed E-state index contributed by atoms with van der Waals surface area (Å²) in [7, 11) is -3.86. The van der Waals surface area contributed by atoms with Crippen molar-refractivity contribution in [3.63, 3.8) is 0 Å². The molecule has 2 amide bonds. The maximum Gasteiger partial charge on any atom is 0.252 e. The first-order valence-electron chi connectivity index (χ1n) is 10.4. The van der Waals surface area contributed by atoms with E-state index in [2.05, 4.69) is 15.4 Å². The topological polar surface area (TPSA) is 118 Å². The third kappa shape index (κ3) is 6.09. The first kappa shape index (κ1) is 24.2. The van der Waals surface area contributed by atoms with Crippen LogP contribution < -0.4 is 15.4 Å². The van der Waals surface area contributed by atoms with Crippen LogP contribution in [-0.2, 0) is 21.4 Å². The summed E-state index contributed by atoms with van der Waals surface area (Å²) in [6.45, 7) is 7.23. The van der Waals surface area contributed by atoms with Crippen molar-refractivity contribution in [1.29, 1.82) is 0 Å². The predicted molar refractivity (Wildman–Crippen MR) is 126 cm³/mol. The number of hydrogen-bond donors (Lipinski definition) is 3. The Balaban J connectivity index is 1.67. The number of furan rings is 1. The maximum atomic E-state index is 12.7. The van der Waals surface area contributed by atoms with Crippen LogP contribution in [0.1, 0.15) is 38.4 Å². The molecule has 0 aliphatic carbocycles. The van der Waals surface area contributed by atoms with Crippen molar-refractivity contribution in [2.45, 2.75) is 39.1 Å². The monoisotopic (exact) mass is 469 g/mol. The molecule has 1 heterocycles. The average Bonchev–Trinajstić information content (AvgIpc) is 3.27. The molecule has 0 fully saturated rings. The summed E-state index contributed by atoms with van der Waals surface area (Å²) in [6, 6.07) is 11.5. The van der Waals surface area contributed by atoms with Crippen LogP contribution >= 0.6 is 0 Å². The van der Waals surface area contributed by atoms with Gasteiger partial charge in [-0.15, -0.1) is 0 Å². The second-order valence-corrected chi connectivity index (χ2v) is 9.65. The molecule has 3 rings (SSSR count). The van der Waals surface area contributed by atoms with Crippen LogP contribution in [0.5, 0.6) is 0 Å². The number of carbonyl (C=O) groups excluding carboxylic acids is 2. The summed E-state index contributed by atoms with van der Waals surface area (Å²) in [6.07, 6.45) is 1.45. The van der Waals surface area contributed by atoms with Gasteiger partial charge in [-0.25, -0.2) is 13.1 Å². The molecule has 0 aliphatic heterocycles. The number of rotatable bonds is 8. The van der Waals surface area contributed by atoms with E-state index in [9.17, 15) is 18.0 Å². The molecule has 9 heteroatoms. The van der Waals surface area contributed by atoms with Gasteiger partial charge in [0.15, 0.2) is 0 Å². The van der Waals surface area contributed by atoms with E-state index in [1.54, 1.807) is 25.1 Å². The fourth-order valence-corrected chi connectivity index (χ4v) is 4.51. The van der Waals surface area contributed by atoms with Crippen LogP contribution in [-0.4, -0.2) is 26.8 Å². The van der Waals surface area contributed by atoms with Gasteiger partial charge in [-0.3, -0.25) is 9.59 Å². The van der Waals surface area contributed by atoms with Crippen LogP contribution in [0.2, 0.25) is 0 Å². The van der Waals surface area contributed by atoms with E-state index in [0.717, 1.165) is 16.7 Å². The smallest absolute Gasteiger partial charge is 0.252 e. The second-order valence-electron chi connectivity index (χ2n) is 7.89. The Morgan fingerprint density at radius 2 is 1.64 bits per heavy atom. The van der Waals surface area contributed by atoms with Gasteiger partial charge in [-0.2, -0.15) is 0 Å². The third-order valence-corrected chi connectivity index (χ3v) is 6.53. The first-order valence-corrected chi connectivity index (χ1v) is 11.8. The molecule has 3 N–H and O–H groups in total. The van der Waals surface area contributed by atoms with Gasteiger partial charge in [0.1, 0.15) is 5.76 Å². The lowest BCUT2D eigenvalue weighted by molar-refractivity contribution is -0.115. The Hall–Kier alpha value is -3.43. The molecule has 8 nitrogen and oxygen atoms in total. The summed E-state index contributed by atoms with van der Waals surface area (Å²) < 4.78 is 32.8. The first-order chi connectivity index (χ1) is 15.6. The molecule has 0 atom stereocenters. The van der Waals surface area contributed by atoms with Crippen LogP contribution in [0.15, 0.2) is 58.0 Å². The SMILES string of the molecule is Cc1cc(C)c(NC(=O)CNC(=O)c2cc(S(=O)(=O)NCc3ccco3)ccc2C)c(C)c1. The fraction of sp³-hybridized carbons (Fsp3) is 0.250. The number of anilines is 1. The highest BCUT2D eigenvalue weighted by Crippen LogP contribution is 2.22. The van der Waals surface area contributed by atoms with E-state index in [1.807, 2.05) is 32.9 Å². The Labute approximate surface area is 193 Å². The van der Waals surface area contributed by atoms with Gasteiger partial charge in [-0.1, -0.05) is 23.8 Å². The van der Waals surface area contributed by atoms with Crippen LogP contribution in [0.3, 0.4) is 0 Å². The Morgan fingerprint density at radius 3 is 2.27 bits per heavy atom. The van der Waals surface area contributed by atoms with Crippen molar-refractivity contribution >= 4 is 27.5 Å². The minimum absolute atomic E-state index is 0.0112. The molecule has 0 unspecified atom stereocenters. The Morgan fingerprint density at radius 1 is 0.939 bits per heavy atom. The molecule has 3 aromatic rings. The highest BCUT2D eigenvalue weighted by Gasteiger charge is 2.19.